The van der Waals surface area contributed by atoms with Crippen LogP contribution in [0, 0.1) is 0 Å². The van der Waals surface area contributed by atoms with E-state index in [0.29, 0.717) is 41.4 Å². The van der Waals surface area contributed by atoms with E-state index in [1.165, 1.54) is 33.3 Å². The molecule has 144 valence electrons. The Morgan fingerprint density at radius 1 is 0.963 bits per heavy atom. The summed E-state index contributed by atoms with van der Waals surface area (Å²) in [5, 5.41) is 21.5. The van der Waals surface area contributed by atoms with Crippen molar-refractivity contribution >= 4 is 12.1 Å². The Morgan fingerprint density at radius 3 is 1.85 bits per heavy atom. The van der Waals surface area contributed by atoms with Crippen LogP contribution in [0.25, 0.3) is 11.1 Å². The molecule has 0 spiro atoms. The Bertz CT molecular complexity index is 899. The number of aldehydes is 1. The first-order valence-corrected chi connectivity index (χ1v) is 8.68. The number of hydrogen-bond donors (Lipinski definition) is 2. The van der Waals surface area contributed by atoms with Gasteiger partial charge >= 0.3 is 0 Å². The molecule has 0 saturated carbocycles. The van der Waals surface area contributed by atoms with Gasteiger partial charge in [-0.15, -0.1) is 0 Å². The van der Waals surface area contributed by atoms with Gasteiger partial charge in [-0.05, 0) is 31.9 Å². The van der Waals surface area contributed by atoms with E-state index in [0.717, 1.165) is 0 Å². The lowest BCUT2D eigenvalue weighted by Crippen LogP contribution is -2.04. The number of methoxy groups -OCH3 is 2. The van der Waals surface area contributed by atoms with Crippen LogP contribution in [-0.2, 0) is 12.8 Å². The highest BCUT2D eigenvalue weighted by Crippen LogP contribution is 2.48. The van der Waals surface area contributed by atoms with E-state index in [9.17, 15) is 19.8 Å². The highest BCUT2D eigenvalue weighted by Gasteiger charge is 2.25. The van der Waals surface area contributed by atoms with E-state index in [4.69, 9.17) is 9.47 Å². The van der Waals surface area contributed by atoms with Gasteiger partial charge in [-0.2, -0.15) is 0 Å². The van der Waals surface area contributed by atoms with E-state index in [2.05, 4.69) is 0 Å². The number of rotatable bonds is 7. The second-order valence-corrected chi connectivity index (χ2v) is 6.09. The smallest absolute Gasteiger partial charge is 0.166 e. The highest BCUT2D eigenvalue weighted by atomic mass is 16.5. The summed E-state index contributed by atoms with van der Waals surface area (Å²) in [6.07, 6.45) is 1.63. The van der Waals surface area contributed by atoms with Crippen molar-refractivity contribution in [2.24, 2.45) is 0 Å². The van der Waals surface area contributed by atoms with Crippen LogP contribution in [0.2, 0.25) is 0 Å². The molecule has 6 nitrogen and oxygen atoms in total. The van der Waals surface area contributed by atoms with Crippen molar-refractivity contribution in [3.05, 3.63) is 34.4 Å². The normalized spacial score (nSPS) is 10.6. The molecule has 6 heteroatoms. The number of phenolic OH excluding ortho intramolecular Hbond substituents is 2. The van der Waals surface area contributed by atoms with E-state index >= 15 is 0 Å². The van der Waals surface area contributed by atoms with E-state index < -0.39 is 0 Å². The lowest BCUT2D eigenvalue weighted by molar-refractivity contribution is 0.101. The zero-order chi connectivity index (χ0) is 20.3. The van der Waals surface area contributed by atoms with Crippen molar-refractivity contribution < 1.29 is 29.3 Å². The monoisotopic (exact) mass is 372 g/mol. The molecule has 0 heterocycles. The largest absolute Gasteiger partial charge is 0.504 e. The first-order valence-electron chi connectivity index (χ1n) is 8.68. The minimum Gasteiger partial charge on any atom is -0.504 e. The van der Waals surface area contributed by atoms with Gasteiger partial charge in [0.2, 0.25) is 0 Å². The van der Waals surface area contributed by atoms with Gasteiger partial charge in [-0.3, -0.25) is 9.59 Å². The molecule has 2 rings (SSSR count). The van der Waals surface area contributed by atoms with Gasteiger partial charge in [-0.25, -0.2) is 0 Å². The molecule has 0 aliphatic heterocycles. The standard InChI is InChI=1S/C21H24O6/c1-6-13-12(10-22)8-16(18(24)20(13)26-4)17-9-15(11(3)23)14(7-2)21(27-5)19(17)25/h8-10,24-25H,6-7H2,1-5H3. The van der Waals surface area contributed by atoms with Gasteiger partial charge in [0.1, 0.15) is 6.29 Å². The van der Waals surface area contributed by atoms with Crippen LogP contribution in [0.15, 0.2) is 12.1 Å². The number of ether oxygens (including phenoxy) is 2. The summed E-state index contributed by atoms with van der Waals surface area (Å²) in [5.74, 6) is -0.280. The summed E-state index contributed by atoms with van der Waals surface area (Å²) in [5.41, 5.74) is 2.25. The Morgan fingerprint density at radius 2 is 1.44 bits per heavy atom. The Labute approximate surface area is 158 Å². The summed E-state index contributed by atoms with van der Waals surface area (Å²) < 4.78 is 10.6. The molecule has 0 amide bonds. The van der Waals surface area contributed by atoms with Gasteiger partial charge in [0, 0.05) is 33.4 Å². The number of carbonyl (C=O) groups is 2. The molecule has 2 N–H and O–H groups in total. The van der Waals surface area contributed by atoms with E-state index in [1.54, 1.807) is 0 Å². The third-order valence-corrected chi connectivity index (χ3v) is 4.66. The molecule has 0 fully saturated rings. The summed E-state index contributed by atoms with van der Waals surface area (Å²) in [6, 6.07) is 2.99. The minimum atomic E-state index is -0.212. The zero-order valence-electron chi connectivity index (χ0n) is 16.2. The van der Waals surface area contributed by atoms with Gasteiger partial charge < -0.3 is 19.7 Å². The van der Waals surface area contributed by atoms with E-state index in [-0.39, 0.29) is 39.9 Å². The summed E-state index contributed by atoms with van der Waals surface area (Å²) in [7, 11) is 2.80. The van der Waals surface area contributed by atoms with Crippen LogP contribution in [0.3, 0.4) is 0 Å². The number of aromatic hydroxyl groups is 2. The minimum absolute atomic E-state index is 0.166. The quantitative estimate of drug-likeness (QED) is 0.565. The zero-order valence-corrected chi connectivity index (χ0v) is 16.2. The number of benzene rings is 2. The fraction of sp³-hybridized carbons (Fsp3) is 0.333. The maximum Gasteiger partial charge on any atom is 0.166 e. The lowest BCUT2D eigenvalue weighted by atomic mass is 9.91. The molecule has 0 saturated heterocycles. The van der Waals surface area contributed by atoms with Crippen LogP contribution in [0.4, 0.5) is 0 Å². The average Bonchev–Trinajstić information content (AvgIpc) is 2.66. The molecule has 2 aromatic rings. The SMILES string of the molecule is CCc1c(C=O)cc(-c2cc(C(C)=O)c(CC)c(OC)c2O)c(O)c1OC. The van der Waals surface area contributed by atoms with Crippen molar-refractivity contribution in [2.45, 2.75) is 33.6 Å². The molecule has 0 aliphatic rings. The predicted octanol–water partition coefficient (Wildman–Crippen LogP) is 3.92. The number of ketones is 1. The van der Waals surface area contributed by atoms with Gasteiger partial charge in [-0.1, -0.05) is 13.8 Å². The number of Topliss-reactive ketones (excluding diaryl/α,β-unsaturated/α-hetero) is 1. The van der Waals surface area contributed by atoms with Crippen molar-refractivity contribution in [1.82, 2.24) is 0 Å². The molecule has 0 radical (unpaired) electrons. The molecular weight excluding hydrogens is 348 g/mol. The summed E-state index contributed by atoms with van der Waals surface area (Å²) >= 11 is 0. The molecule has 0 aliphatic carbocycles. The summed E-state index contributed by atoms with van der Waals surface area (Å²) in [4.78, 5) is 23.7. The molecule has 27 heavy (non-hydrogen) atoms. The van der Waals surface area contributed by atoms with Crippen LogP contribution >= 0.6 is 0 Å². The number of hydrogen-bond acceptors (Lipinski definition) is 6. The van der Waals surface area contributed by atoms with Crippen molar-refractivity contribution in [2.75, 3.05) is 14.2 Å². The number of carbonyl (C=O) groups excluding carboxylic acids is 2. The lowest BCUT2D eigenvalue weighted by Gasteiger charge is -2.19. The Balaban J connectivity index is 2.96. The predicted molar refractivity (Wildman–Crippen MR) is 102 cm³/mol. The maximum absolute atomic E-state index is 12.1. The molecule has 2 aromatic carbocycles. The van der Waals surface area contributed by atoms with Crippen molar-refractivity contribution in [1.29, 1.82) is 0 Å². The molecule has 0 atom stereocenters. The fourth-order valence-corrected chi connectivity index (χ4v) is 3.38. The topological polar surface area (TPSA) is 93.1 Å². The van der Waals surface area contributed by atoms with Crippen molar-refractivity contribution in [3.8, 4) is 34.1 Å². The first kappa shape index (κ1) is 20.3. The van der Waals surface area contributed by atoms with Crippen LogP contribution < -0.4 is 9.47 Å². The molecule has 0 aromatic heterocycles. The third-order valence-electron chi connectivity index (χ3n) is 4.66. The fourth-order valence-electron chi connectivity index (χ4n) is 3.38. The first-order chi connectivity index (χ1) is 12.9. The summed E-state index contributed by atoms with van der Waals surface area (Å²) in [6.45, 7) is 5.12. The van der Waals surface area contributed by atoms with E-state index in [1.807, 2.05) is 13.8 Å². The van der Waals surface area contributed by atoms with Crippen LogP contribution in [0.1, 0.15) is 52.6 Å². The van der Waals surface area contributed by atoms with Crippen LogP contribution in [0.5, 0.6) is 23.0 Å². The van der Waals surface area contributed by atoms with Crippen LogP contribution in [-0.4, -0.2) is 36.5 Å². The second kappa shape index (κ2) is 8.12. The Kier molecular flexibility index (Phi) is 6.10. The second-order valence-electron chi connectivity index (χ2n) is 6.09. The van der Waals surface area contributed by atoms with Gasteiger partial charge in [0.05, 0.1) is 14.2 Å². The molecule has 0 unspecified atom stereocenters. The number of phenols is 2. The maximum atomic E-state index is 12.1. The third kappa shape index (κ3) is 3.35. The molecular formula is C21H24O6. The average molecular weight is 372 g/mol. The highest BCUT2D eigenvalue weighted by molar-refractivity contribution is 6.00. The molecule has 0 bridgehead atoms. The Hall–Kier alpha value is -3.02. The van der Waals surface area contributed by atoms with Gasteiger partial charge in [0.15, 0.2) is 28.8 Å². The van der Waals surface area contributed by atoms with Gasteiger partial charge in [0.25, 0.3) is 0 Å². The van der Waals surface area contributed by atoms with Crippen molar-refractivity contribution in [3.63, 3.8) is 0 Å².